The third-order valence-corrected chi connectivity index (χ3v) is 5.12. The Balaban J connectivity index is 2.57. The zero-order valence-electron chi connectivity index (χ0n) is 18.4. The van der Waals surface area contributed by atoms with Gasteiger partial charge in [0.1, 0.15) is 0 Å². The molecule has 1 aromatic rings. The second kappa shape index (κ2) is 16.3. The van der Waals surface area contributed by atoms with Crippen molar-refractivity contribution in [1.82, 2.24) is 0 Å². The number of benzene rings is 1. The fraction of sp³-hybridized carbons (Fsp3) is 0.615. The molecular formula is C26H42O2. The first-order chi connectivity index (χ1) is 13.8. The predicted molar refractivity (Wildman–Crippen MR) is 124 cm³/mol. The number of hydrogen-bond acceptors (Lipinski definition) is 2. The first-order valence-corrected chi connectivity index (χ1v) is 11.5. The molecule has 0 aliphatic carbocycles. The third kappa shape index (κ3) is 9.48. The summed E-state index contributed by atoms with van der Waals surface area (Å²) in [5.41, 5.74) is 2.03. The van der Waals surface area contributed by atoms with E-state index in [9.17, 15) is 0 Å². The summed E-state index contributed by atoms with van der Waals surface area (Å²) in [4.78, 5) is 0. The van der Waals surface area contributed by atoms with Gasteiger partial charge in [0.05, 0.1) is 13.2 Å². The van der Waals surface area contributed by atoms with Crippen molar-refractivity contribution < 1.29 is 9.47 Å². The molecule has 1 rings (SSSR count). The molecule has 0 heterocycles. The smallest absolute Gasteiger partial charge is 0.168 e. The van der Waals surface area contributed by atoms with Crippen molar-refractivity contribution in [2.24, 2.45) is 0 Å². The molecule has 0 saturated carbocycles. The highest BCUT2D eigenvalue weighted by Gasteiger charge is 2.13. The highest BCUT2D eigenvalue weighted by atomic mass is 16.5. The summed E-state index contributed by atoms with van der Waals surface area (Å²) in [6.07, 6.45) is 18.8. The van der Waals surface area contributed by atoms with Crippen LogP contribution in [-0.2, 0) is 0 Å². The van der Waals surface area contributed by atoms with E-state index in [-0.39, 0.29) is 0 Å². The molecule has 0 aliphatic heterocycles. The normalized spacial score (nSPS) is 10.6. The molecule has 0 aromatic heterocycles. The van der Waals surface area contributed by atoms with Crippen LogP contribution in [-0.4, -0.2) is 13.2 Å². The molecule has 0 fully saturated rings. The fourth-order valence-corrected chi connectivity index (χ4v) is 3.37. The van der Waals surface area contributed by atoms with Gasteiger partial charge in [0.15, 0.2) is 11.5 Å². The quantitative estimate of drug-likeness (QED) is 0.236. The molecule has 158 valence electrons. The summed E-state index contributed by atoms with van der Waals surface area (Å²) >= 11 is 0. The van der Waals surface area contributed by atoms with E-state index >= 15 is 0 Å². The minimum absolute atomic E-state index is 0.723. The van der Waals surface area contributed by atoms with Crippen LogP contribution < -0.4 is 9.47 Å². The number of unbranched alkanes of at least 4 members (excludes halogenated alkanes) is 10. The zero-order valence-corrected chi connectivity index (χ0v) is 18.4. The molecule has 1 aromatic carbocycles. The van der Waals surface area contributed by atoms with Crippen LogP contribution in [0.25, 0.3) is 12.2 Å². The second-order valence-electron chi connectivity index (χ2n) is 7.54. The van der Waals surface area contributed by atoms with Crippen molar-refractivity contribution in [2.75, 3.05) is 13.2 Å². The van der Waals surface area contributed by atoms with E-state index < -0.39 is 0 Å². The van der Waals surface area contributed by atoms with Crippen LogP contribution in [0.15, 0.2) is 25.3 Å². The monoisotopic (exact) mass is 386 g/mol. The minimum Gasteiger partial charge on any atom is -0.490 e. The number of hydrogen-bond donors (Lipinski definition) is 0. The van der Waals surface area contributed by atoms with Crippen molar-refractivity contribution in [2.45, 2.75) is 90.9 Å². The van der Waals surface area contributed by atoms with Gasteiger partial charge in [0.2, 0.25) is 0 Å². The lowest BCUT2D eigenvalue weighted by molar-refractivity contribution is 0.258. The molecule has 0 aliphatic rings. The van der Waals surface area contributed by atoms with Crippen LogP contribution >= 0.6 is 0 Å². The van der Waals surface area contributed by atoms with Crippen molar-refractivity contribution >= 4 is 12.2 Å². The summed E-state index contributed by atoms with van der Waals surface area (Å²) in [5.74, 6) is 1.66. The first kappa shape index (κ1) is 24.3. The summed E-state index contributed by atoms with van der Waals surface area (Å²) in [6, 6.07) is 4.05. The van der Waals surface area contributed by atoms with E-state index in [0.29, 0.717) is 0 Å². The maximum atomic E-state index is 6.17. The molecule has 0 amide bonds. The lowest BCUT2D eigenvalue weighted by Gasteiger charge is -2.17. The van der Waals surface area contributed by atoms with Crippen LogP contribution in [0.4, 0.5) is 0 Å². The van der Waals surface area contributed by atoms with Gasteiger partial charge in [-0.25, -0.2) is 0 Å². The van der Waals surface area contributed by atoms with Crippen LogP contribution in [0.2, 0.25) is 0 Å². The van der Waals surface area contributed by atoms with Gasteiger partial charge < -0.3 is 9.47 Å². The second-order valence-corrected chi connectivity index (χ2v) is 7.54. The van der Waals surface area contributed by atoms with Gasteiger partial charge in [-0.3, -0.25) is 0 Å². The molecule has 0 bridgehead atoms. The summed E-state index contributed by atoms with van der Waals surface area (Å²) in [5, 5.41) is 0. The van der Waals surface area contributed by atoms with E-state index in [1.165, 1.54) is 64.2 Å². The van der Waals surface area contributed by atoms with E-state index in [2.05, 4.69) is 27.0 Å². The Morgan fingerprint density at radius 3 is 1.75 bits per heavy atom. The van der Waals surface area contributed by atoms with E-state index in [1.807, 2.05) is 24.3 Å². The lowest BCUT2D eigenvalue weighted by atomic mass is 10.1. The van der Waals surface area contributed by atoms with Gasteiger partial charge in [0, 0.05) is 5.56 Å². The molecule has 0 N–H and O–H groups in total. The van der Waals surface area contributed by atoms with Crippen LogP contribution in [0.3, 0.4) is 0 Å². The Kier molecular flexibility index (Phi) is 14.1. The molecule has 0 radical (unpaired) electrons. The molecular weight excluding hydrogens is 344 g/mol. The van der Waals surface area contributed by atoms with Crippen molar-refractivity contribution in [3.63, 3.8) is 0 Å². The highest BCUT2D eigenvalue weighted by molar-refractivity contribution is 5.72. The maximum Gasteiger partial charge on any atom is 0.168 e. The number of ether oxygens (including phenoxy) is 2. The van der Waals surface area contributed by atoms with Gasteiger partial charge >= 0.3 is 0 Å². The standard InChI is InChI=1S/C26H42O2/c1-5-9-11-13-15-17-21-27-25-20-19-23(7-3)24(8-4)26(25)28-22-18-16-14-12-10-6-2/h7-8,19-20H,3-6,9-18,21-22H2,1-2H3. The largest absolute Gasteiger partial charge is 0.490 e. The summed E-state index contributed by atoms with van der Waals surface area (Å²) in [7, 11) is 0. The fourth-order valence-electron chi connectivity index (χ4n) is 3.37. The topological polar surface area (TPSA) is 18.5 Å². The maximum absolute atomic E-state index is 6.17. The van der Waals surface area contributed by atoms with Gasteiger partial charge in [-0.05, 0) is 24.5 Å². The molecule has 0 unspecified atom stereocenters. The zero-order chi connectivity index (χ0) is 20.5. The highest BCUT2D eigenvalue weighted by Crippen LogP contribution is 2.35. The molecule has 0 atom stereocenters. The van der Waals surface area contributed by atoms with E-state index in [4.69, 9.17) is 9.47 Å². The van der Waals surface area contributed by atoms with Gasteiger partial charge in [-0.2, -0.15) is 0 Å². The lowest BCUT2D eigenvalue weighted by Crippen LogP contribution is -2.05. The molecule has 0 saturated heterocycles. The molecule has 28 heavy (non-hydrogen) atoms. The average Bonchev–Trinajstić information content (AvgIpc) is 2.72. The minimum atomic E-state index is 0.723. The third-order valence-electron chi connectivity index (χ3n) is 5.12. The Bertz CT molecular complexity index is 548. The summed E-state index contributed by atoms with van der Waals surface area (Å²) < 4.78 is 12.3. The molecule has 2 nitrogen and oxygen atoms in total. The Hall–Kier alpha value is -1.70. The van der Waals surface area contributed by atoms with Crippen LogP contribution in [0.5, 0.6) is 11.5 Å². The van der Waals surface area contributed by atoms with Crippen LogP contribution in [0, 0.1) is 0 Å². The van der Waals surface area contributed by atoms with E-state index in [1.54, 1.807) is 0 Å². The Labute approximate surface area is 174 Å². The Morgan fingerprint density at radius 2 is 1.21 bits per heavy atom. The number of rotatable bonds is 18. The summed E-state index contributed by atoms with van der Waals surface area (Å²) in [6.45, 7) is 13.9. The van der Waals surface area contributed by atoms with E-state index in [0.717, 1.165) is 48.7 Å². The van der Waals surface area contributed by atoms with Crippen molar-refractivity contribution in [3.8, 4) is 11.5 Å². The Morgan fingerprint density at radius 1 is 0.679 bits per heavy atom. The van der Waals surface area contributed by atoms with Gasteiger partial charge in [-0.1, -0.05) is 109 Å². The van der Waals surface area contributed by atoms with Crippen molar-refractivity contribution in [1.29, 1.82) is 0 Å². The van der Waals surface area contributed by atoms with Crippen molar-refractivity contribution in [3.05, 3.63) is 36.4 Å². The SMILES string of the molecule is C=Cc1ccc(OCCCCCCCC)c(OCCCCCCCC)c1C=C. The molecule has 0 spiro atoms. The predicted octanol–water partition coefficient (Wildman–Crippen LogP) is 8.45. The van der Waals surface area contributed by atoms with Gasteiger partial charge in [0.25, 0.3) is 0 Å². The molecule has 2 heteroatoms. The van der Waals surface area contributed by atoms with Crippen LogP contribution in [0.1, 0.15) is 102 Å². The first-order valence-electron chi connectivity index (χ1n) is 11.5. The van der Waals surface area contributed by atoms with Gasteiger partial charge in [-0.15, -0.1) is 0 Å². The average molecular weight is 387 g/mol.